The summed E-state index contributed by atoms with van der Waals surface area (Å²) in [6.07, 6.45) is 1.74. The molecule has 0 aliphatic carbocycles. The van der Waals surface area contributed by atoms with Crippen LogP contribution in [0.5, 0.6) is 0 Å². The quantitative estimate of drug-likeness (QED) is 0.735. The van der Waals surface area contributed by atoms with Crippen LogP contribution in [0.25, 0.3) is 0 Å². The van der Waals surface area contributed by atoms with Crippen LogP contribution < -0.4 is 0 Å². The molecule has 1 unspecified atom stereocenters. The normalized spacial score (nSPS) is 12.2. The summed E-state index contributed by atoms with van der Waals surface area (Å²) in [5.41, 5.74) is 1.11. The molecule has 0 fully saturated rings. The van der Waals surface area contributed by atoms with Crippen LogP contribution in [0.1, 0.15) is 18.5 Å². The summed E-state index contributed by atoms with van der Waals surface area (Å²) in [6, 6.07) is 9.97. The second-order valence-electron chi connectivity index (χ2n) is 4.84. The SMILES string of the molecule is C=CCN(CCO)CC(=O)N(C)C(C)c1ccccc1. The summed E-state index contributed by atoms with van der Waals surface area (Å²) in [5, 5.41) is 9.00. The molecule has 4 heteroatoms. The number of nitrogens with zero attached hydrogens (tertiary/aromatic N) is 2. The Kier molecular flexibility index (Phi) is 6.98. The molecule has 1 rings (SSSR count). The molecule has 20 heavy (non-hydrogen) atoms. The van der Waals surface area contributed by atoms with Crippen molar-refractivity contribution in [1.29, 1.82) is 0 Å². The minimum Gasteiger partial charge on any atom is -0.395 e. The zero-order valence-electron chi connectivity index (χ0n) is 12.3. The third-order valence-corrected chi connectivity index (χ3v) is 3.42. The van der Waals surface area contributed by atoms with Gasteiger partial charge in [0, 0.05) is 20.1 Å². The lowest BCUT2D eigenvalue weighted by Gasteiger charge is -2.28. The molecule has 110 valence electrons. The molecule has 0 spiro atoms. The molecule has 1 atom stereocenters. The summed E-state index contributed by atoms with van der Waals surface area (Å²) in [4.78, 5) is 15.9. The van der Waals surface area contributed by atoms with E-state index in [0.29, 0.717) is 19.6 Å². The number of aliphatic hydroxyl groups is 1. The number of carbonyl (C=O) groups is 1. The Morgan fingerprint density at radius 2 is 2.05 bits per heavy atom. The van der Waals surface area contributed by atoms with Crippen molar-refractivity contribution in [3.05, 3.63) is 48.6 Å². The van der Waals surface area contributed by atoms with Crippen molar-refractivity contribution in [3.63, 3.8) is 0 Å². The van der Waals surface area contributed by atoms with Gasteiger partial charge >= 0.3 is 0 Å². The van der Waals surface area contributed by atoms with Gasteiger partial charge in [-0.15, -0.1) is 6.58 Å². The van der Waals surface area contributed by atoms with E-state index in [2.05, 4.69) is 6.58 Å². The molecule has 0 aliphatic heterocycles. The molecule has 0 aromatic heterocycles. The number of likely N-dealkylation sites (N-methyl/N-ethyl adjacent to an activating group) is 1. The van der Waals surface area contributed by atoms with Gasteiger partial charge in [0.15, 0.2) is 0 Å². The Morgan fingerprint density at radius 3 is 2.60 bits per heavy atom. The number of hydrogen-bond donors (Lipinski definition) is 1. The second kappa shape index (κ2) is 8.51. The fraction of sp³-hybridized carbons (Fsp3) is 0.438. The van der Waals surface area contributed by atoms with E-state index < -0.39 is 0 Å². The van der Waals surface area contributed by atoms with Crippen molar-refractivity contribution in [3.8, 4) is 0 Å². The highest BCUT2D eigenvalue weighted by Gasteiger charge is 2.19. The molecule has 1 amide bonds. The topological polar surface area (TPSA) is 43.8 Å². The van der Waals surface area contributed by atoms with Gasteiger partial charge in [-0.2, -0.15) is 0 Å². The van der Waals surface area contributed by atoms with E-state index in [0.717, 1.165) is 5.56 Å². The minimum absolute atomic E-state index is 0.0309. The summed E-state index contributed by atoms with van der Waals surface area (Å²) in [7, 11) is 1.81. The molecule has 1 aromatic rings. The number of hydrogen-bond acceptors (Lipinski definition) is 3. The highest BCUT2D eigenvalue weighted by molar-refractivity contribution is 5.78. The van der Waals surface area contributed by atoms with Crippen LogP contribution in [0.2, 0.25) is 0 Å². The Balaban J connectivity index is 2.63. The molecule has 0 saturated heterocycles. The van der Waals surface area contributed by atoms with Crippen LogP contribution in [0.4, 0.5) is 0 Å². The lowest BCUT2D eigenvalue weighted by atomic mass is 10.1. The maximum absolute atomic E-state index is 12.3. The summed E-state index contributed by atoms with van der Waals surface area (Å²) in [6.45, 7) is 7.09. The lowest BCUT2D eigenvalue weighted by Crippen LogP contribution is -2.40. The number of benzene rings is 1. The zero-order valence-corrected chi connectivity index (χ0v) is 12.3. The fourth-order valence-corrected chi connectivity index (χ4v) is 2.03. The van der Waals surface area contributed by atoms with Crippen LogP contribution in [0, 0.1) is 0 Å². The predicted octanol–water partition coefficient (Wildman–Crippen LogP) is 1.69. The predicted molar refractivity (Wildman–Crippen MR) is 81.3 cm³/mol. The first-order valence-corrected chi connectivity index (χ1v) is 6.84. The van der Waals surface area contributed by atoms with E-state index in [1.54, 1.807) is 11.0 Å². The van der Waals surface area contributed by atoms with Crippen molar-refractivity contribution in [2.45, 2.75) is 13.0 Å². The van der Waals surface area contributed by atoms with E-state index in [9.17, 15) is 4.79 Å². The minimum atomic E-state index is 0.0309. The first-order valence-electron chi connectivity index (χ1n) is 6.84. The summed E-state index contributed by atoms with van der Waals surface area (Å²) < 4.78 is 0. The average molecular weight is 276 g/mol. The van der Waals surface area contributed by atoms with Crippen molar-refractivity contribution >= 4 is 5.91 Å². The van der Waals surface area contributed by atoms with Gasteiger partial charge in [-0.3, -0.25) is 9.69 Å². The van der Waals surface area contributed by atoms with Crippen molar-refractivity contribution < 1.29 is 9.90 Å². The largest absolute Gasteiger partial charge is 0.395 e. The summed E-state index contributed by atoms with van der Waals surface area (Å²) in [5.74, 6) is 0.0386. The van der Waals surface area contributed by atoms with Gasteiger partial charge in [-0.1, -0.05) is 36.4 Å². The summed E-state index contributed by atoms with van der Waals surface area (Å²) >= 11 is 0. The van der Waals surface area contributed by atoms with Crippen LogP contribution in [0.3, 0.4) is 0 Å². The Labute approximate surface area is 121 Å². The molecule has 1 N–H and O–H groups in total. The smallest absolute Gasteiger partial charge is 0.237 e. The molecule has 0 radical (unpaired) electrons. The van der Waals surface area contributed by atoms with Crippen LogP contribution in [0.15, 0.2) is 43.0 Å². The number of carbonyl (C=O) groups excluding carboxylic acids is 1. The number of aliphatic hydroxyl groups excluding tert-OH is 1. The zero-order chi connectivity index (χ0) is 15.0. The highest BCUT2D eigenvalue weighted by Crippen LogP contribution is 2.18. The van der Waals surface area contributed by atoms with Crippen LogP contribution in [-0.4, -0.2) is 54.1 Å². The Hall–Kier alpha value is -1.65. The van der Waals surface area contributed by atoms with E-state index >= 15 is 0 Å². The van der Waals surface area contributed by atoms with Gasteiger partial charge in [0.05, 0.1) is 19.2 Å². The van der Waals surface area contributed by atoms with Crippen molar-refractivity contribution in [2.24, 2.45) is 0 Å². The molecular weight excluding hydrogens is 252 g/mol. The first kappa shape index (κ1) is 16.4. The Bertz CT molecular complexity index is 420. The highest BCUT2D eigenvalue weighted by atomic mass is 16.3. The maximum atomic E-state index is 12.3. The monoisotopic (exact) mass is 276 g/mol. The molecule has 1 aromatic carbocycles. The van der Waals surface area contributed by atoms with Crippen molar-refractivity contribution in [1.82, 2.24) is 9.80 Å². The third-order valence-electron chi connectivity index (χ3n) is 3.42. The molecule has 4 nitrogen and oxygen atoms in total. The van der Waals surface area contributed by atoms with Gasteiger partial charge in [0.1, 0.15) is 0 Å². The van der Waals surface area contributed by atoms with Gasteiger partial charge < -0.3 is 10.0 Å². The second-order valence-corrected chi connectivity index (χ2v) is 4.84. The van der Waals surface area contributed by atoms with Crippen LogP contribution >= 0.6 is 0 Å². The standard InChI is InChI=1S/C16H24N2O2/c1-4-10-18(11-12-19)13-16(20)17(3)14(2)15-8-6-5-7-9-15/h4-9,14,19H,1,10-13H2,2-3H3. The van der Waals surface area contributed by atoms with E-state index in [1.807, 2.05) is 49.2 Å². The molecule has 0 aliphatic rings. The van der Waals surface area contributed by atoms with Gasteiger partial charge in [-0.05, 0) is 12.5 Å². The maximum Gasteiger partial charge on any atom is 0.237 e. The third kappa shape index (κ3) is 4.79. The van der Waals surface area contributed by atoms with Gasteiger partial charge in [-0.25, -0.2) is 0 Å². The van der Waals surface area contributed by atoms with E-state index in [-0.39, 0.29) is 18.6 Å². The Morgan fingerprint density at radius 1 is 1.40 bits per heavy atom. The molecule has 0 heterocycles. The van der Waals surface area contributed by atoms with Crippen molar-refractivity contribution in [2.75, 3.05) is 33.3 Å². The molecule has 0 bridgehead atoms. The van der Waals surface area contributed by atoms with E-state index in [4.69, 9.17) is 5.11 Å². The van der Waals surface area contributed by atoms with Gasteiger partial charge in [0.25, 0.3) is 0 Å². The molecule has 0 saturated carbocycles. The van der Waals surface area contributed by atoms with Crippen LogP contribution in [-0.2, 0) is 4.79 Å². The fourth-order valence-electron chi connectivity index (χ4n) is 2.03. The first-order chi connectivity index (χ1) is 9.60. The molecular formula is C16H24N2O2. The van der Waals surface area contributed by atoms with E-state index in [1.165, 1.54) is 0 Å². The number of rotatable bonds is 8. The number of amides is 1. The van der Waals surface area contributed by atoms with Gasteiger partial charge in [0.2, 0.25) is 5.91 Å². The average Bonchev–Trinajstić information content (AvgIpc) is 2.47. The lowest BCUT2D eigenvalue weighted by molar-refractivity contribution is -0.133.